The minimum absolute atomic E-state index is 0.234. The van der Waals surface area contributed by atoms with Crippen molar-refractivity contribution in [1.82, 2.24) is 0 Å². The Labute approximate surface area is 57.1 Å². The van der Waals surface area contributed by atoms with Gasteiger partial charge < -0.3 is 4.74 Å². The van der Waals surface area contributed by atoms with Crippen molar-refractivity contribution >= 4 is 27.5 Å². The van der Waals surface area contributed by atoms with Gasteiger partial charge >= 0.3 is 0 Å². The minimum Gasteiger partial charge on any atom is -0.362 e. The van der Waals surface area contributed by atoms with Gasteiger partial charge in [0.2, 0.25) is 0 Å². The van der Waals surface area contributed by atoms with E-state index in [0.717, 1.165) is 5.33 Å². The Morgan fingerprint density at radius 1 is 1.86 bits per heavy atom. The van der Waals surface area contributed by atoms with E-state index < -0.39 is 0 Å². The molecule has 0 rings (SSSR count). The quantitative estimate of drug-likeness (QED) is 0.614. The molecule has 0 aromatic heterocycles. The van der Waals surface area contributed by atoms with Gasteiger partial charge in [-0.25, -0.2) is 0 Å². The number of halogens is 2. The molecule has 0 spiro atoms. The molecule has 0 aliphatic rings. The van der Waals surface area contributed by atoms with E-state index in [1.165, 1.54) is 0 Å². The van der Waals surface area contributed by atoms with Crippen molar-refractivity contribution in [1.29, 1.82) is 0 Å². The van der Waals surface area contributed by atoms with Crippen LogP contribution in [0, 0.1) is 0 Å². The number of alkyl halides is 2. The summed E-state index contributed by atoms with van der Waals surface area (Å²) in [7, 11) is 0. The van der Waals surface area contributed by atoms with Crippen molar-refractivity contribution in [3.05, 3.63) is 0 Å². The molecule has 1 atom stereocenters. The molecule has 1 nitrogen and oxygen atoms in total. The summed E-state index contributed by atoms with van der Waals surface area (Å²) >= 11 is 8.46. The number of ether oxygens (including phenoxy) is 1. The molecule has 0 bridgehead atoms. The molecule has 0 radical (unpaired) electrons. The van der Waals surface area contributed by atoms with E-state index in [-0.39, 0.29) is 12.2 Å². The summed E-state index contributed by atoms with van der Waals surface area (Å²) in [6.07, 6.45) is 0.234. The second-order valence-electron chi connectivity index (χ2n) is 1.24. The summed E-state index contributed by atoms with van der Waals surface area (Å²) in [5, 5.41) is 0.847. The fourth-order valence-electron chi connectivity index (χ4n) is 0.152. The molecular weight excluding hydrogens is 179 g/mol. The van der Waals surface area contributed by atoms with E-state index in [9.17, 15) is 0 Å². The molecular formula is C4H8BrClO. The molecule has 0 unspecified atom stereocenters. The molecule has 0 saturated heterocycles. The van der Waals surface area contributed by atoms with Gasteiger partial charge in [0.25, 0.3) is 0 Å². The molecule has 0 heterocycles. The predicted octanol–water partition coefficient (Wildman–Crippen LogP) is 1.98. The Bertz CT molecular complexity index is 42.7. The summed E-state index contributed by atoms with van der Waals surface area (Å²) in [4.78, 5) is 0. The van der Waals surface area contributed by atoms with Crippen molar-refractivity contribution in [2.24, 2.45) is 0 Å². The Kier molecular flexibility index (Phi) is 5.39. The maximum Gasteiger partial charge on any atom is 0.121 e. The summed E-state index contributed by atoms with van der Waals surface area (Å²) in [6, 6.07) is 0.284. The molecule has 44 valence electrons. The topological polar surface area (TPSA) is 9.23 Å². The lowest BCUT2D eigenvalue weighted by Crippen LogP contribution is -2.07. The van der Waals surface area contributed by atoms with E-state index >= 15 is 0 Å². The van der Waals surface area contributed by atoms with Crippen LogP contribution in [0.5, 0.6) is 0 Å². The molecule has 0 saturated carbocycles. The summed E-state index contributed by atoms with van der Waals surface area (Å²) in [5.41, 5.74) is 0. The number of rotatable bonds is 3. The zero-order valence-corrected chi connectivity index (χ0v) is 6.50. The Balaban J connectivity index is 2.83. The van der Waals surface area contributed by atoms with E-state index in [4.69, 9.17) is 16.3 Å². The van der Waals surface area contributed by atoms with Crippen LogP contribution >= 0.6 is 27.5 Å². The lowest BCUT2D eigenvalue weighted by atomic mass is 10.5. The third kappa shape index (κ3) is 4.59. The largest absolute Gasteiger partial charge is 0.362 e. The van der Waals surface area contributed by atoms with Gasteiger partial charge in [-0.3, -0.25) is 0 Å². The highest BCUT2D eigenvalue weighted by Crippen LogP contribution is 1.95. The first-order valence-corrected chi connectivity index (χ1v) is 3.70. The van der Waals surface area contributed by atoms with Crippen LogP contribution in [0.4, 0.5) is 0 Å². The Morgan fingerprint density at radius 3 is 2.57 bits per heavy atom. The van der Waals surface area contributed by atoms with Crippen LogP contribution in [-0.4, -0.2) is 17.5 Å². The van der Waals surface area contributed by atoms with Gasteiger partial charge in [0, 0.05) is 5.33 Å². The third-order valence-electron chi connectivity index (χ3n) is 0.565. The minimum atomic E-state index is 0.234. The summed E-state index contributed by atoms with van der Waals surface area (Å²) in [6.45, 7) is 1.96. The zero-order chi connectivity index (χ0) is 5.70. The van der Waals surface area contributed by atoms with E-state index in [2.05, 4.69) is 15.9 Å². The van der Waals surface area contributed by atoms with Crippen molar-refractivity contribution < 1.29 is 4.74 Å². The van der Waals surface area contributed by atoms with E-state index in [1.807, 2.05) is 6.92 Å². The molecule has 0 aliphatic carbocycles. The highest BCUT2D eigenvalue weighted by molar-refractivity contribution is 9.09. The molecule has 7 heavy (non-hydrogen) atoms. The normalized spacial score (nSPS) is 14.1. The monoisotopic (exact) mass is 186 g/mol. The van der Waals surface area contributed by atoms with Crippen molar-refractivity contribution in [2.75, 3.05) is 11.4 Å². The van der Waals surface area contributed by atoms with E-state index in [0.29, 0.717) is 0 Å². The van der Waals surface area contributed by atoms with Crippen LogP contribution in [0.1, 0.15) is 6.92 Å². The first-order valence-electron chi connectivity index (χ1n) is 2.04. The first-order chi connectivity index (χ1) is 3.31. The first kappa shape index (κ1) is 7.73. The Morgan fingerprint density at radius 2 is 2.43 bits per heavy atom. The van der Waals surface area contributed by atoms with Crippen molar-refractivity contribution in [2.45, 2.75) is 13.0 Å². The molecule has 0 aromatic rings. The smallest absolute Gasteiger partial charge is 0.121 e. The fourth-order valence-corrected chi connectivity index (χ4v) is 0.554. The standard InChI is InChI=1S/C4H8BrClO/c1-4(2-5)7-3-6/h4H,2-3H2,1H3/t4-/m0/s1. The van der Waals surface area contributed by atoms with Gasteiger partial charge in [-0.2, -0.15) is 0 Å². The Hall–Kier alpha value is 0.730. The second-order valence-corrected chi connectivity index (χ2v) is 2.11. The van der Waals surface area contributed by atoms with Gasteiger partial charge in [-0.05, 0) is 6.92 Å². The average Bonchev–Trinajstić information content (AvgIpc) is 1.68. The van der Waals surface area contributed by atoms with Crippen molar-refractivity contribution in [3.8, 4) is 0 Å². The molecule has 0 aromatic carbocycles. The number of hydrogen-bond acceptors (Lipinski definition) is 1. The lowest BCUT2D eigenvalue weighted by Gasteiger charge is -2.03. The second kappa shape index (κ2) is 4.88. The van der Waals surface area contributed by atoms with Crippen LogP contribution in [0.2, 0.25) is 0 Å². The van der Waals surface area contributed by atoms with Crippen LogP contribution in [-0.2, 0) is 4.74 Å². The molecule has 0 aliphatic heterocycles. The molecule has 0 N–H and O–H groups in total. The SMILES string of the molecule is C[C@@H](CBr)OCCl. The van der Waals surface area contributed by atoms with Gasteiger partial charge in [-0.1, -0.05) is 27.5 Å². The van der Waals surface area contributed by atoms with Gasteiger partial charge in [0.1, 0.15) is 6.07 Å². The van der Waals surface area contributed by atoms with Gasteiger partial charge in [0.05, 0.1) is 6.10 Å². The fraction of sp³-hybridized carbons (Fsp3) is 1.00. The predicted molar refractivity (Wildman–Crippen MR) is 35.1 cm³/mol. The van der Waals surface area contributed by atoms with Crippen LogP contribution in [0.3, 0.4) is 0 Å². The number of hydrogen-bond donors (Lipinski definition) is 0. The maximum absolute atomic E-state index is 5.23. The van der Waals surface area contributed by atoms with Crippen LogP contribution in [0.15, 0.2) is 0 Å². The highest BCUT2D eigenvalue weighted by Gasteiger charge is 1.94. The van der Waals surface area contributed by atoms with E-state index in [1.54, 1.807) is 0 Å². The van der Waals surface area contributed by atoms with Gasteiger partial charge in [0.15, 0.2) is 0 Å². The molecule has 0 fully saturated rings. The molecule has 0 amide bonds. The lowest BCUT2D eigenvalue weighted by molar-refractivity contribution is 0.121. The average molecular weight is 187 g/mol. The highest BCUT2D eigenvalue weighted by atomic mass is 79.9. The van der Waals surface area contributed by atoms with Gasteiger partial charge in [-0.15, -0.1) is 0 Å². The zero-order valence-electron chi connectivity index (χ0n) is 4.16. The third-order valence-corrected chi connectivity index (χ3v) is 1.60. The van der Waals surface area contributed by atoms with Crippen LogP contribution < -0.4 is 0 Å². The van der Waals surface area contributed by atoms with Crippen LogP contribution in [0.25, 0.3) is 0 Å². The summed E-state index contributed by atoms with van der Waals surface area (Å²) < 4.78 is 4.91. The molecule has 3 heteroatoms. The summed E-state index contributed by atoms with van der Waals surface area (Å²) in [5.74, 6) is 0. The maximum atomic E-state index is 5.23. The van der Waals surface area contributed by atoms with Crippen molar-refractivity contribution in [3.63, 3.8) is 0 Å².